The van der Waals surface area contributed by atoms with Crippen LogP contribution in [-0.2, 0) is 10.4 Å². The summed E-state index contributed by atoms with van der Waals surface area (Å²) in [5, 5.41) is 28.6. The monoisotopic (exact) mass is 527 g/mol. The van der Waals surface area contributed by atoms with Gasteiger partial charge in [0.15, 0.2) is 23.0 Å². The summed E-state index contributed by atoms with van der Waals surface area (Å²) in [5.74, 6) is -1.57. The second-order valence-electron chi connectivity index (χ2n) is 11.5. The Morgan fingerprint density at radius 2 is 2.11 bits per heavy atom. The molecule has 8 atom stereocenters. The lowest BCUT2D eigenvalue weighted by Gasteiger charge is -2.62. The summed E-state index contributed by atoms with van der Waals surface area (Å²) in [5.41, 5.74) is -4.17. The number of carbonyl (C=O) groups is 2. The van der Waals surface area contributed by atoms with Crippen molar-refractivity contribution >= 4 is 28.2 Å². The number of carbonyl (C=O) groups excluding carboxylic acids is 2. The molecule has 0 bridgehead atoms. The Morgan fingerprint density at radius 3 is 2.84 bits per heavy atom. The van der Waals surface area contributed by atoms with Gasteiger partial charge in [-0.05, 0) is 56.6 Å². The van der Waals surface area contributed by atoms with Crippen LogP contribution in [0.2, 0.25) is 0 Å². The van der Waals surface area contributed by atoms with Crippen LogP contribution in [0.3, 0.4) is 0 Å². The van der Waals surface area contributed by atoms with Crippen LogP contribution in [-0.4, -0.2) is 43.6 Å². The van der Waals surface area contributed by atoms with E-state index in [0.29, 0.717) is 30.1 Å². The Bertz CT molecular complexity index is 1340. The minimum absolute atomic E-state index is 0.0454. The largest absolute Gasteiger partial charge is 0.438 e. The first-order valence-electron chi connectivity index (χ1n) is 12.6. The number of oxazole rings is 1. The van der Waals surface area contributed by atoms with E-state index in [-0.39, 0.29) is 29.8 Å². The summed E-state index contributed by atoms with van der Waals surface area (Å²) in [6.45, 7) is 5.66. The first-order chi connectivity index (χ1) is 17.4. The lowest BCUT2D eigenvalue weighted by molar-refractivity contribution is -0.223. The van der Waals surface area contributed by atoms with Gasteiger partial charge >= 0.3 is 0 Å². The molecule has 8 nitrogen and oxygen atoms in total. The summed E-state index contributed by atoms with van der Waals surface area (Å²) in [4.78, 5) is 32.8. The predicted octanol–water partition coefficient (Wildman–Crippen LogP) is 4.19. The van der Waals surface area contributed by atoms with Gasteiger partial charge in [0.2, 0.25) is 5.76 Å². The topological polar surface area (TPSA) is 126 Å². The number of ketones is 1. The van der Waals surface area contributed by atoms with Crippen molar-refractivity contribution < 1.29 is 28.6 Å². The molecule has 0 spiro atoms. The summed E-state index contributed by atoms with van der Waals surface area (Å²) < 4.78 is 22.4. The third-order valence-electron chi connectivity index (χ3n) is 9.99. The van der Waals surface area contributed by atoms with E-state index >= 15 is 4.39 Å². The number of aliphatic hydroxyl groups is 2. The highest BCUT2D eigenvalue weighted by molar-refractivity contribution is 7.14. The molecule has 196 valence electrons. The highest BCUT2D eigenvalue weighted by atomic mass is 32.1. The molecule has 2 heterocycles. The van der Waals surface area contributed by atoms with Crippen LogP contribution in [0, 0.1) is 28.6 Å². The Balaban J connectivity index is 1.35. The number of rotatable bonds is 3. The molecule has 1 amide bonds. The molecule has 10 heteroatoms. The van der Waals surface area contributed by atoms with E-state index in [1.165, 1.54) is 29.7 Å². The number of amides is 1. The number of alkyl halides is 1. The summed E-state index contributed by atoms with van der Waals surface area (Å²) in [7, 11) is 0. The van der Waals surface area contributed by atoms with E-state index in [0.717, 1.165) is 12.0 Å². The van der Waals surface area contributed by atoms with E-state index in [2.05, 4.69) is 15.3 Å². The summed E-state index contributed by atoms with van der Waals surface area (Å²) in [6.07, 6.45) is 7.38. The summed E-state index contributed by atoms with van der Waals surface area (Å²) in [6, 6.07) is 0. The van der Waals surface area contributed by atoms with Crippen molar-refractivity contribution in [1.82, 2.24) is 9.97 Å². The van der Waals surface area contributed by atoms with Gasteiger partial charge in [-0.3, -0.25) is 14.9 Å². The first kappa shape index (κ1) is 24.6. The second kappa shape index (κ2) is 7.91. The van der Waals surface area contributed by atoms with E-state index in [4.69, 9.17) is 4.42 Å². The number of nitrogens with zero attached hydrogens (tertiary/aromatic N) is 2. The average Bonchev–Trinajstić information content (AvgIpc) is 3.58. The number of aromatic nitrogens is 2. The molecule has 0 aliphatic heterocycles. The van der Waals surface area contributed by atoms with Gasteiger partial charge in [-0.25, -0.2) is 14.4 Å². The van der Waals surface area contributed by atoms with Crippen molar-refractivity contribution in [2.75, 3.05) is 5.32 Å². The molecule has 37 heavy (non-hydrogen) atoms. The fourth-order valence-electron chi connectivity index (χ4n) is 8.09. The standard InChI is InChI=1S/C27H30FN3O5S/c1-14-8-18-17-5-4-15-9-16(32)6-7-24(15,2)26(17,28)21(33)10-25(18,3)27(14,35)20-12-37-23(30-20)31-22(34)19-11-29-13-36-19/h6-7,9,11-14,17-18,21,33,35H,4-5,8,10H2,1-3H3,(H,30,31,34). The Kier molecular flexibility index (Phi) is 5.27. The third kappa shape index (κ3) is 3.06. The number of anilines is 1. The molecular formula is C27H30FN3O5S. The number of fused-ring (bicyclic) bond motifs is 5. The molecule has 8 unspecified atom stereocenters. The van der Waals surface area contributed by atoms with E-state index in [9.17, 15) is 19.8 Å². The molecule has 6 rings (SSSR count). The van der Waals surface area contributed by atoms with Crippen molar-refractivity contribution in [3.8, 4) is 0 Å². The van der Waals surface area contributed by atoms with Crippen LogP contribution in [0.15, 0.2) is 46.2 Å². The van der Waals surface area contributed by atoms with Crippen molar-refractivity contribution in [3.05, 3.63) is 53.2 Å². The maximum atomic E-state index is 17.3. The Labute approximate surface area is 217 Å². The van der Waals surface area contributed by atoms with E-state index < -0.39 is 40.0 Å². The zero-order chi connectivity index (χ0) is 26.4. The molecule has 3 fully saturated rings. The molecular weight excluding hydrogens is 497 g/mol. The lowest BCUT2D eigenvalue weighted by Crippen LogP contribution is -2.68. The van der Waals surface area contributed by atoms with Crippen molar-refractivity contribution in [3.63, 3.8) is 0 Å². The molecule has 4 aliphatic carbocycles. The average molecular weight is 528 g/mol. The molecule has 4 aliphatic rings. The quantitative estimate of drug-likeness (QED) is 0.547. The zero-order valence-electron chi connectivity index (χ0n) is 20.9. The van der Waals surface area contributed by atoms with Crippen molar-refractivity contribution in [2.45, 2.75) is 63.8 Å². The van der Waals surface area contributed by atoms with Crippen LogP contribution in [0.5, 0.6) is 0 Å². The maximum absolute atomic E-state index is 17.3. The van der Waals surface area contributed by atoms with Gasteiger partial charge in [-0.15, -0.1) is 11.3 Å². The molecule has 0 saturated heterocycles. The molecule has 3 saturated carbocycles. The van der Waals surface area contributed by atoms with Crippen molar-refractivity contribution in [1.29, 1.82) is 0 Å². The second-order valence-corrected chi connectivity index (χ2v) is 12.4. The molecule has 0 aromatic carbocycles. The smallest absolute Gasteiger partial charge is 0.294 e. The van der Waals surface area contributed by atoms with Crippen LogP contribution in [0.4, 0.5) is 9.52 Å². The van der Waals surface area contributed by atoms with Gasteiger partial charge in [-0.1, -0.05) is 25.5 Å². The molecule has 0 radical (unpaired) electrons. The van der Waals surface area contributed by atoms with Gasteiger partial charge in [0, 0.05) is 22.1 Å². The van der Waals surface area contributed by atoms with Crippen molar-refractivity contribution in [2.24, 2.45) is 28.6 Å². The number of aliphatic hydroxyl groups excluding tert-OH is 1. The number of halogens is 1. The normalized spacial score (nSPS) is 42.5. The fraction of sp³-hybridized carbons (Fsp3) is 0.556. The number of hydrogen-bond donors (Lipinski definition) is 3. The van der Waals surface area contributed by atoms with Gasteiger partial charge in [0.05, 0.1) is 18.0 Å². The third-order valence-corrected chi connectivity index (χ3v) is 10.8. The molecule has 2 aromatic heterocycles. The zero-order valence-corrected chi connectivity index (χ0v) is 21.7. The summed E-state index contributed by atoms with van der Waals surface area (Å²) >= 11 is 1.19. The van der Waals surface area contributed by atoms with Gasteiger partial charge in [0.1, 0.15) is 5.60 Å². The van der Waals surface area contributed by atoms with Gasteiger partial charge < -0.3 is 14.6 Å². The molecule has 2 aromatic rings. The SMILES string of the molecule is CC1CC2C3CCC4=CC(=O)C=CC4(C)C3(F)C(O)CC2(C)C1(O)c1csc(NC(=O)c2cnco2)n1. The fourth-order valence-corrected chi connectivity index (χ4v) is 8.84. The predicted molar refractivity (Wildman–Crippen MR) is 133 cm³/mol. The minimum Gasteiger partial charge on any atom is -0.438 e. The number of thiazole rings is 1. The highest BCUT2D eigenvalue weighted by Crippen LogP contribution is 2.72. The lowest BCUT2D eigenvalue weighted by atomic mass is 9.44. The minimum atomic E-state index is -1.96. The maximum Gasteiger partial charge on any atom is 0.294 e. The first-order valence-corrected chi connectivity index (χ1v) is 13.5. The Morgan fingerprint density at radius 1 is 1.32 bits per heavy atom. The van der Waals surface area contributed by atoms with Crippen LogP contribution in [0.25, 0.3) is 0 Å². The number of hydrogen-bond acceptors (Lipinski definition) is 8. The highest BCUT2D eigenvalue weighted by Gasteiger charge is 2.74. The molecule has 3 N–H and O–H groups in total. The van der Waals surface area contributed by atoms with Crippen LogP contribution in [0.1, 0.15) is 62.7 Å². The Hall–Kier alpha value is -2.69. The van der Waals surface area contributed by atoms with Gasteiger partial charge in [-0.2, -0.15) is 0 Å². The number of nitrogens with one attached hydrogen (secondary N) is 1. The van der Waals surface area contributed by atoms with Crippen LogP contribution >= 0.6 is 11.3 Å². The van der Waals surface area contributed by atoms with Crippen LogP contribution < -0.4 is 5.32 Å². The van der Waals surface area contributed by atoms with E-state index in [1.54, 1.807) is 18.4 Å². The number of allylic oxidation sites excluding steroid dienone is 4. The van der Waals surface area contributed by atoms with Gasteiger partial charge in [0.25, 0.3) is 5.91 Å². The van der Waals surface area contributed by atoms with E-state index in [1.807, 2.05) is 13.8 Å².